The Balaban J connectivity index is 1.72. The van der Waals surface area contributed by atoms with Gasteiger partial charge in [-0.3, -0.25) is 14.4 Å². The van der Waals surface area contributed by atoms with Gasteiger partial charge in [0, 0.05) is 36.5 Å². The number of fused-ring (bicyclic) bond motifs is 1. The molecule has 0 saturated carbocycles. The minimum Gasteiger partial charge on any atom is -0.481 e. The van der Waals surface area contributed by atoms with Gasteiger partial charge in [0.1, 0.15) is 5.75 Å². The summed E-state index contributed by atoms with van der Waals surface area (Å²) >= 11 is 13.2. The zero-order chi connectivity index (χ0) is 26.1. The summed E-state index contributed by atoms with van der Waals surface area (Å²) in [4.78, 5) is 42.2. The van der Waals surface area contributed by atoms with Crippen molar-refractivity contribution in [2.45, 2.75) is 45.3 Å². The molecule has 2 N–H and O–H groups in total. The van der Waals surface area contributed by atoms with Crippen LogP contribution in [0.15, 0.2) is 16.9 Å². The summed E-state index contributed by atoms with van der Waals surface area (Å²) in [5.41, 5.74) is 0.300. The van der Waals surface area contributed by atoms with Gasteiger partial charge < -0.3 is 24.5 Å². The number of H-pyrrole nitrogens is 1. The van der Waals surface area contributed by atoms with Gasteiger partial charge in [0.2, 0.25) is 0 Å². The van der Waals surface area contributed by atoms with Gasteiger partial charge in [-0.15, -0.1) is 0 Å². The number of aryl methyl sites for hydroxylation is 1. The summed E-state index contributed by atoms with van der Waals surface area (Å²) in [6.45, 7) is -0.956. The molecule has 2 aliphatic heterocycles. The topological polar surface area (TPSA) is 109 Å². The summed E-state index contributed by atoms with van der Waals surface area (Å²) in [5, 5.41) is 10.2. The highest BCUT2D eigenvalue weighted by Gasteiger charge is 2.37. The van der Waals surface area contributed by atoms with E-state index in [2.05, 4.69) is 9.72 Å². The smallest absolute Gasteiger partial charge is 0.387 e. The van der Waals surface area contributed by atoms with E-state index in [1.54, 1.807) is 0 Å². The Morgan fingerprint density at radius 3 is 2.61 bits per heavy atom. The third-order valence-electron chi connectivity index (χ3n) is 6.61. The average molecular weight is 545 g/mol. The van der Waals surface area contributed by atoms with Gasteiger partial charge in [0.25, 0.3) is 11.5 Å². The second-order valence-electron chi connectivity index (χ2n) is 8.86. The number of amides is 1. The molecule has 36 heavy (non-hydrogen) atoms. The zero-order valence-electron chi connectivity index (χ0n) is 19.3. The van der Waals surface area contributed by atoms with Crippen LogP contribution in [0.3, 0.4) is 0 Å². The number of nitrogens with one attached hydrogen (secondary N) is 1. The van der Waals surface area contributed by atoms with Gasteiger partial charge in [-0.05, 0) is 49.3 Å². The van der Waals surface area contributed by atoms with Gasteiger partial charge in [0.05, 0.1) is 28.6 Å². The van der Waals surface area contributed by atoms with Crippen LogP contribution in [0, 0.1) is 12.8 Å². The number of aromatic nitrogens is 1. The van der Waals surface area contributed by atoms with Crippen LogP contribution in [-0.2, 0) is 22.5 Å². The largest absolute Gasteiger partial charge is 0.481 e. The monoisotopic (exact) mass is 544 g/mol. The van der Waals surface area contributed by atoms with Crippen molar-refractivity contribution in [3.63, 3.8) is 0 Å². The second kappa shape index (κ2) is 10.7. The Bertz CT molecular complexity index is 1250. The van der Waals surface area contributed by atoms with E-state index in [1.807, 2.05) is 0 Å². The van der Waals surface area contributed by atoms with Crippen LogP contribution in [0.5, 0.6) is 5.75 Å². The Kier molecular flexibility index (Phi) is 7.87. The van der Waals surface area contributed by atoms with Crippen molar-refractivity contribution in [2.24, 2.45) is 5.92 Å². The van der Waals surface area contributed by atoms with Crippen LogP contribution >= 0.6 is 23.2 Å². The number of rotatable bonds is 7. The third-order valence-corrected chi connectivity index (χ3v) is 7.36. The number of hydrogen-bond acceptors (Lipinski definition) is 5. The number of ether oxygens (including phenoxy) is 2. The molecule has 1 aromatic heterocycles. The molecule has 1 amide bonds. The molecule has 4 rings (SSSR count). The number of carboxylic acids is 1. The molecule has 2 aromatic rings. The number of pyridine rings is 1. The number of aromatic amines is 1. The molecule has 1 unspecified atom stereocenters. The lowest BCUT2D eigenvalue weighted by atomic mass is 9.80. The van der Waals surface area contributed by atoms with Gasteiger partial charge in [-0.2, -0.15) is 8.78 Å². The summed E-state index contributed by atoms with van der Waals surface area (Å²) in [6, 6.07) is 2.78. The van der Waals surface area contributed by atoms with Crippen LogP contribution in [-0.4, -0.2) is 53.2 Å². The van der Waals surface area contributed by atoms with Crippen molar-refractivity contribution in [3.8, 4) is 5.75 Å². The molecule has 1 fully saturated rings. The van der Waals surface area contributed by atoms with Gasteiger partial charge in [-0.1, -0.05) is 23.2 Å². The zero-order valence-corrected chi connectivity index (χ0v) is 20.8. The minimum absolute atomic E-state index is 0.00939. The van der Waals surface area contributed by atoms with Crippen LogP contribution in [0.4, 0.5) is 8.78 Å². The lowest BCUT2D eigenvalue weighted by Crippen LogP contribution is -2.39. The van der Waals surface area contributed by atoms with E-state index in [0.717, 1.165) is 0 Å². The highest BCUT2D eigenvalue weighted by Crippen LogP contribution is 2.42. The first-order valence-electron chi connectivity index (χ1n) is 11.4. The molecule has 3 heterocycles. The van der Waals surface area contributed by atoms with Gasteiger partial charge in [-0.25, -0.2) is 0 Å². The Morgan fingerprint density at radius 1 is 1.28 bits per heavy atom. The first kappa shape index (κ1) is 26.4. The van der Waals surface area contributed by atoms with Crippen molar-refractivity contribution in [1.29, 1.82) is 0 Å². The minimum atomic E-state index is -3.16. The molecule has 12 heteroatoms. The van der Waals surface area contributed by atoms with E-state index in [-0.39, 0.29) is 57.9 Å². The van der Waals surface area contributed by atoms with Crippen molar-refractivity contribution in [2.75, 3.05) is 19.8 Å². The molecule has 0 aliphatic carbocycles. The summed E-state index contributed by atoms with van der Waals surface area (Å²) < 4.78 is 35.8. The maximum absolute atomic E-state index is 13.5. The van der Waals surface area contributed by atoms with E-state index < -0.39 is 30.0 Å². The number of nitrogens with zero attached hydrogens (tertiary/aromatic N) is 1. The van der Waals surface area contributed by atoms with Crippen LogP contribution < -0.4 is 10.3 Å². The first-order chi connectivity index (χ1) is 17.1. The molecular formula is C24H24Cl2F2N2O6. The Hall–Kier alpha value is -2.69. The van der Waals surface area contributed by atoms with Gasteiger partial charge in [0.15, 0.2) is 0 Å². The van der Waals surface area contributed by atoms with E-state index in [9.17, 15) is 28.3 Å². The average Bonchev–Trinajstić information content (AvgIpc) is 2.80. The fourth-order valence-electron chi connectivity index (χ4n) is 4.90. The number of alkyl halides is 2. The Labute approximate surface area is 215 Å². The van der Waals surface area contributed by atoms with E-state index in [4.69, 9.17) is 27.9 Å². The predicted octanol–water partition coefficient (Wildman–Crippen LogP) is 4.38. The fourth-order valence-corrected chi connectivity index (χ4v) is 5.57. The number of hydrogen-bond donors (Lipinski definition) is 2. The quantitative estimate of drug-likeness (QED) is 0.535. The number of benzene rings is 1. The molecule has 1 saturated heterocycles. The normalized spacial score (nSPS) is 17.3. The molecule has 194 valence electrons. The number of aliphatic carboxylic acids is 1. The molecule has 2 aliphatic rings. The molecule has 0 bridgehead atoms. The maximum Gasteiger partial charge on any atom is 0.387 e. The van der Waals surface area contributed by atoms with Crippen molar-refractivity contribution < 1.29 is 33.0 Å². The summed E-state index contributed by atoms with van der Waals surface area (Å²) in [6.07, 6.45) is 1.32. The van der Waals surface area contributed by atoms with Crippen LogP contribution in [0.25, 0.3) is 0 Å². The van der Waals surface area contributed by atoms with E-state index in [1.165, 1.54) is 24.0 Å². The molecule has 0 radical (unpaired) electrons. The van der Waals surface area contributed by atoms with E-state index >= 15 is 0 Å². The number of carboxylic acid groups (broad SMARTS) is 1. The second-order valence-corrected chi connectivity index (χ2v) is 9.65. The highest BCUT2D eigenvalue weighted by molar-refractivity contribution is 6.37. The molecule has 0 spiro atoms. The third kappa shape index (κ3) is 5.21. The van der Waals surface area contributed by atoms with E-state index in [0.29, 0.717) is 37.3 Å². The number of halogens is 4. The van der Waals surface area contributed by atoms with Crippen molar-refractivity contribution in [3.05, 3.63) is 60.5 Å². The molecular weight excluding hydrogens is 521 g/mol. The fraction of sp³-hybridized carbons (Fsp3) is 0.458. The maximum atomic E-state index is 13.5. The first-order valence-corrected chi connectivity index (χ1v) is 12.1. The summed E-state index contributed by atoms with van der Waals surface area (Å²) in [5.74, 6) is -3.23. The number of carbonyl (C=O) groups excluding carboxylic acids is 1. The molecule has 1 atom stereocenters. The predicted molar refractivity (Wildman–Crippen MR) is 127 cm³/mol. The number of carbonyl (C=O) groups is 2. The van der Waals surface area contributed by atoms with Crippen LogP contribution in [0.2, 0.25) is 10.0 Å². The van der Waals surface area contributed by atoms with Crippen molar-refractivity contribution >= 4 is 35.1 Å². The van der Waals surface area contributed by atoms with Crippen molar-refractivity contribution in [1.82, 2.24) is 9.88 Å². The standard InChI is InChI=1S/C24H24Cl2F2N2O6/c1-11-8-17(36-24(27)28)15(21(31)29-11)10-30-5-2-13-16(25)9-14(20(26)19(13)22(30)32)18(23(33)34)12-3-6-35-7-4-12/h8-9,12,18,24H,2-7,10H2,1H3,(H,29,31)(H,33,34). The molecule has 1 aromatic carbocycles. The van der Waals surface area contributed by atoms with Crippen LogP contribution in [0.1, 0.15) is 51.5 Å². The lowest BCUT2D eigenvalue weighted by molar-refractivity contribution is -0.141. The highest BCUT2D eigenvalue weighted by atomic mass is 35.5. The molecule has 8 nitrogen and oxygen atoms in total. The van der Waals surface area contributed by atoms with Gasteiger partial charge >= 0.3 is 12.6 Å². The lowest BCUT2D eigenvalue weighted by Gasteiger charge is -2.33. The Morgan fingerprint density at radius 2 is 1.97 bits per heavy atom. The summed E-state index contributed by atoms with van der Waals surface area (Å²) in [7, 11) is 0. The SMILES string of the molecule is Cc1cc(OC(F)F)c(CN2CCc3c(Cl)cc(C(C(=O)O)C4CCOCC4)c(Cl)c3C2=O)c(=O)[nH]1.